The molecule has 1 unspecified atom stereocenters. The average Bonchev–Trinajstić information content (AvgIpc) is 2.91. The topological polar surface area (TPSA) is 58.2 Å². The number of hydrogen-bond acceptors (Lipinski definition) is 3. The molecule has 4 nitrogen and oxygen atoms in total. The number of rotatable bonds is 5. The number of thiophene rings is 1. The molecule has 0 fully saturated rings. The first kappa shape index (κ1) is 16.5. The van der Waals surface area contributed by atoms with Gasteiger partial charge in [-0.25, -0.2) is 0 Å². The van der Waals surface area contributed by atoms with E-state index in [1.165, 1.54) is 11.3 Å². The van der Waals surface area contributed by atoms with Crippen LogP contribution >= 0.6 is 22.9 Å². The van der Waals surface area contributed by atoms with Gasteiger partial charge >= 0.3 is 0 Å². The molecular formula is C16H17ClN2O2S. The van der Waals surface area contributed by atoms with Gasteiger partial charge in [-0.2, -0.15) is 0 Å². The predicted molar refractivity (Wildman–Crippen MR) is 89.4 cm³/mol. The Morgan fingerprint density at radius 3 is 2.59 bits per heavy atom. The molecule has 2 rings (SSSR count). The Hall–Kier alpha value is -1.85. The predicted octanol–water partition coefficient (Wildman–Crippen LogP) is 3.32. The van der Waals surface area contributed by atoms with Crippen molar-refractivity contribution in [2.24, 2.45) is 0 Å². The van der Waals surface area contributed by atoms with Gasteiger partial charge in [-0.05, 0) is 37.6 Å². The Labute approximate surface area is 138 Å². The van der Waals surface area contributed by atoms with E-state index in [4.69, 9.17) is 11.6 Å². The number of carbonyl (C=O) groups excluding carboxylic acids is 2. The van der Waals surface area contributed by atoms with Crippen molar-refractivity contribution in [2.75, 3.05) is 6.54 Å². The Bertz CT molecular complexity index is 684. The molecule has 2 N–H and O–H groups in total. The summed E-state index contributed by atoms with van der Waals surface area (Å²) in [6.45, 7) is 3.72. The molecule has 1 aromatic heterocycles. The fraction of sp³-hybridized carbons (Fsp3) is 0.250. The van der Waals surface area contributed by atoms with E-state index >= 15 is 0 Å². The minimum atomic E-state index is -0.256. The second-order valence-electron chi connectivity index (χ2n) is 4.90. The third kappa shape index (κ3) is 4.32. The molecule has 0 aliphatic rings. The number of amides is 2. The highest BCUT2D eigenvalue weighted by Gasteiger charge is 2.14. The van der Waals surface area contributed by atoms with Gasteiger partial charge in [-0.15, -0.1) is 11.3 Å². The quantitative estimate of drug-likeness (QED) is 0.880. The van der Waals surface area contributed by atoms with E-state index in [0.717, 1.165) is 10.4 Å². The molecule has 116 valence electrons. The fourth-order valence-corrected chi connectivity index (χ4v) is 3.08. The van der Waals surface area contributed by atoms with Gasteiger partial charge in [0.1, 0.15) is 0 Å². The summed E-state index contributed by atoms with van der Waals surface area (Å²) in [4.78, 5) is 25.4. The molecule has 1 aromatic carbocycles. The van der Waals surface area contributed by atoms with Crippen molar-refractivity contribution in [3.63, 3.8) is 0 Å². The third-order valence-electron chi connectivity index (χ3n) is 3.12. The molecule has 0 radical (unpaired) electrons. The van der Waals surface area contributed by atoms with Crippen LogP contribution in [0.2, 0.25) is 5.02 Å². The van der Waals surface area contributed by atoms with Crippen molar-refractivity contribution in [3.8, 4) is 0 Å². The zero-order valence-corrected chi connectivity index (χ0v) is 13.9. The maximum Gasteiger partial charge on any atom is 0.261 e. The largest absolute Gasteiger partial charge is 0.348 e. The van der Waals surface area contributed by atoms with Crippen LogP contribution in [0.15, 0.2) is 36.4 Å². The van der Waals surface area contributed by atoms with E-state index in [1.54, 1.807) is 12.1 Å². The number of hydrogen-bond donors (Lipinski definition) is 2. The number of aryl methyl sites for hydroxylation is 1. The van der Waals surface area contributed by atoms with Gasteiger partial charge in [0.2, 0.25) is 5.91 Å². The second-order valence-corrected chi connectivity index (χ2v) is 6.60. The Kier molecular flexibility index (Phi) is 5.57. The maximum atomic E-state index is 11.9. The first-order valence-electron chi connectivity index (χ1n) is 6.86. The van der Waals surface area contributed by atoms with E-state index < -0.39 is 0 Å². The summed E-state index contributed by atoms with van der Waals surface area (Å²) in [5.74, 6) is -0.493. The van der Waals surface area contributed by atoms with Gasteiger partial charge in [-0.3, -0.25) is 9.59 Å². The minimum Gasteiger partial charge on any atom is -0.348 e. The second kappa shape index (κ2) is 7.42. The lowest BCUT2D eigenvalue weighted by atomic mass is 10.1. The van der Waals surface area contributed by atoms with Gasteiger partial charge in [0.25, 0.3) is 5.91 Å². The molecule has 0 aliphatic heterocycles. The van der Waals surface area contributed by atoms with E-state index in [-0.39, 0.29) is 24.4 Å². The monoisotopic (exact) mass is 336 g/mol. The number of halogens is 1. The Morgan fingerprint density at radius 2 is 1.95 bits per heavy atom. The SMILES string of the molecule is Cc1ccc(C(=O)NCC(=O)NC(C)c2ccccc2Cl)s1. The van der Waals surface area contributed by atoms with Crippen molar-refractivity contribution in [2.45, 2.75) is 19.9 Å². The zero-order chi connectivity index (χ0) is 16.1. The van der Waals surface area contributed by atoms with Gasteiger partial charge < -0.3 is 10.6 Å². The summed E-state index contributed by atoms with van der Waals surface area (Å²) >= 11 is 7.49. The van der Waals surface area contributed by atoms with Crippen LogP contribution in [0.1, 0.15) is 33.1 Å². The van der Waals surface area contributed by atoms with E-state index in [1.807, 2.05) is 38.1 Å². The van der Waals surface area contributed by atoms with Crippen molar-refractivity contribution in [1.29, 1.82) is 0 Å². The van der Waals surface area contributed by atoms with Crippen LogP contribution in [-0.4, -0.2) is 18.4 Å². The van der Waals surface area contributed by atoms with Crippen LogP contribution in [-0.2, 0) is 4.79 Å². The summed E-state index contributed by atoms with van der Waals surface area (Å²) < 4.78 is 0. The molecule has 0 aliphatic carbocycles. The lowest BCUT2D eigenvalue weighted by molar-refractivity contribution is -0.120. The number of carbonyl (C=O) groups is 2. The molecule has 22 heavy (non-hydrogen) atoms. The van der Waals surface area contributed by atoms with Crippen LogP contribution < -0.4 is 10.6 Å². The molecule has 1 atom stereocenters. The maximum absolute atomic E-state index is 11.9. The molecule has 6 heteroatoms. The summed E-state index contributed by atoms with van der Waals surface area (Å²) in [5.41, 5.74) is 0.845. The highest BCUT2D eigenvalue weighted by Crippen LogP contribution is 2.21. The van der Waals surface area contributed by atoms with Gasteiger partial charge in [0.15, 0.2) is 0 Å². The van der Waals surface area contributed by atoms with Gasteiger partial charge in [0.05, 0.1) is 17.5 Å². The summed E-state index contributed by atoms with van der Waals surface area (Å²) in [6.07, 6.45) is 0. The first-order chi connectivity index (χ1) is 10.5. The molecular weight excluding hydrogens is 320 g/mol. The molecule has 0 spiro atoms. The number of nitrogens with one attached hydrogen (secondary N) is 2. The number of benzene rings is 1. The van der Waals surface area contributed by atoms with Crippen LogP contribution in [0, 0.1) is 6.92 Å². The van der Waals surface area contributed by atoms with Crippen LogP contribution in [0.3, 0.4) is 0 Å². The molecule has 0 bridgehead atoms. The van der Waals surface area contributed by atoms with E-state index in [0.29, 0.717) is 9.90 Å². The van der Waals surface area contributed by atoms with E-state index in [9.17, 15) is 9.59 Å². The normalized spacial score (nSPS) is 11.8. The third-order valence-corrected chi connectivity index (χ3v) is 4.47. The Balaban J connectivity index is 1.85. The summed E-state index contributed by atoms with van der Waals surface area (Å²) in [7, 11) is 0. The van der Waals surface area contributed by atoms with Crippen molar-refractivity contribution >= 4 is 34.8 Å². The lowest BCUT2D eigenvalue weighted by Gasteiger charge is -2.15. The van der Waals surface area contributed by atoms with Gasteiger partial charge in [-0.1, -0.05) is 29.8 Å². The van der Waals surface area contributed by atoms with Crippen molar-refractivity contribution in [3.05, 3.63) is 56.7 Å². The van der Waals surface area contributed by atoms with Crippen molar-refractivity contribution < 1.29 is 9.59 Å². The summed E-state index contributed by atoms with van der Waals surface area (Å²) in [5, 5.41) is 6.03. The molecule has 0 saturated carbocycles. The van der Waals surface area contributed by atoms with Crippen molar-refractivity contribution in [1.82, 2.24) is 10.6 Å². The van der Waals surface area contributed by atoms with Gasteiger partial charge in [0, 0.05) is 9.90 Å². The minimum absolute atomic E-state index is 0.0649. The van der Waals surface area contributed by atoms with E-state index in [2.05, 4.69) is 10.6 Å². The summed E-state index contributed by atoms with van der Waals surface area (Å²) in [6, 6.07) is 10.7. The standard InChI is InChI=1S/C16H17ClN2O2S/c1-10-7-8-14(22-10)16(21)18-9-15(20)19-11(2)12-5-3-4-6-13(12)17/h3-8,11H,9H2,1-2H3,(H,18,21)(H,19,20). The Morgan fingerprint density at radius 1 is 1.23 bits per heavy atom. The molecule has 2 aromatic rings. The first-order valence-corrected chi connectivity index (χ1v) is 8.05. The lowest BCUT2D eigenvalue weighted by Crippen LogP contribution is -2.37. The highest BCUT2D eigenvalue weighted by atomic mass is 35.5. The highest BCUT2D eigenvalue weighted by molar-refractivity contribution is 7.13. The molecule has 0 saturated heterocycles. The average molecular weight is 337 g/mol. The molecule has 1 heterocycles. The molecule has 2 amide bonds. The van der Waals surface area contributed by atoms with Crippen LogP contribution in [0.4, 0.5) is 0 Å². The zero-order valence-electron chi connectivity index (χ0n) is 12.4. The fourth-order valence-electron chi connectivity index (χ4n) is 2.00. The smallest absolute Gasteiger partial charge is 0.261 e. The van der Waals surface area contributed by atoms with Crippen LogP contribution in [0.25, 0.3) is 0 Å². The van der Waals surface area contributed by atoms with Crippen LogP contribution in [0.5, 0.6) is 0 Å².